The second kappa shape index (κ2) is 10.5. The molecule has 0 unspecified atom stereocenters. The van der Waals surface area contributed by atoms with Crippen LogP contribution in [0.5, 0.6) is 11.5 Å². The van der Waals surface area contributed by atoms with Gasteiger partial charge in [-0.25, -0.2) is 14.6 Å². The number of hydrogen-bond acceptors (Lipinski definition) is 6. The van der Waals surface area contributed by atoms with Gasteiger partial charge < -0.3 is 14.8 Å². The number of halogens is 1. The number of benzene rings is 3. The monoisotopic (exact) mass is 421 g/mol. The van der Waals surface area contributed by atoms with Crippen LogP contribution in [0.1, 0.15) is 15.9 Å². The summed E-state index contributed by atoms with van der Waals surface area (Å²) in [6.07, 6.45) is 1.46. The van der Waals surface area contributed by atoms with E-state index >= 15 is 0 Å². The average Bonchev–Trinajstić information content (AvgIpc) is 2.79. The van der Waals surface area contributed by atoms with Gasteiger partial charge in [0.25, 0.3) is 5.91 Å². The van der Waals surface area contributed by atoms with E-state index in [4.69, 9.17) is 9.47 Å². The zero-order valence-corrected chi connectivity index (χ0v) is 16.7. The van der Waals surface area contributed by atoms with E-state index in [1.807, 2.05) is 12.1 Å². The molecular formula is C23H20FN3O4. The normalized spacial score (nSPS) is 10.5. The van der Waals surface area contributed by atoms with Crippen LogP contribution in [0.15, 0.2) is 77.9 Å². The average molecular weight is 421 g/mol. The summed E-state index contributed by atoms with van der Waals surface area (Å²) >= 11 is 0. The SMILES string of the molecule is COc1ccccc1NCC(=O)NN=Cc1ccc(OC(=O)c2cccc(F)c2)cc1. The lowest BCUT2D eigenvalue weighted by Gasteiger charge is -2.09. The van der Waals surface area contributed by atoms with Crippen molar-refractivity contribution in [1.29, 1.82) is 0 Å². The molecular weight excluding hydrogens is 401 g/mol. The summed E-state index contributed by atoms with van der Waals surface area (Å²) in [5, 5.41) is 6.87. The largest absolute Gasteiger partial charge is 0.495 e. The summed E-state index contributed by atoms with van der Waals surface area (Å²) in [7, 11) is 1.55. The quantitative estimate of drug-likeness (QED) is 0.251. The van der Waals surface area contributed by atoms with Crippen LogP contribution < -0.4 is 20.2 Å². The Labute approximate surface area is 178 Å². The van der Waals surface area contributed by atoms with Crippen LogP contribution >= 0.6 is 0 Å². The van der Waals surface area contributed by atoms with Crippen LogP contribution in [0, 0.1) is 5.82 Å². The summed E-state index contributed by atoms with van der Waals surface area (Å²) < 4.78 is 23.6. The number of hydrazone groups is 1. The van der Waals surface area contributed by atoms with Gasteiger partial charge in [-0.05, 0) is 60.2 Å². The Bertz CT molecular complexity index is 1080. The Morgan fingerprint density at radius 3 is 2.55 bits per heavy atom. The topological polar surface area (TPSA) is 89.0 Å². The van der Waals surface area contributed by atoms with Crippen molar-refractivity contribution in [2.75, 3.05) is 19.0 Å². The highest BCUT2D eigenvalue weighted by molar-refractivity contribution is 5.91. The summed E-state index contributed by atoms with van der Waals surface area (Å²) in [6.45, 7) is 0.0205. The van der Waals surface area contributed by atoms with Gasteiger partial charge in [0.15, 0.2) is 0 Å². The minimum atomic E-state index is -0.657. The number of anilines is 1. The Kier molecular flexibility index (Phi) is 7.31. The van der Waals surface area contributed by atoms with E-state index in [0.29, 0.717) is 22.7 Å². The van der Waals surface area contributed by atoms with Gasteiger partial charge in [-0.3, -0.25) is 4.79 Å². The van der Waals surface area contributed by atoms with Crippen molar-refractivity contribution in [3.05, 3.63) is 89.7 Å². The van der Waals surface area contributed by atoms with E-state index in [-0.39, 0.29) is 18.0 Å². The summed E-state index contributed by atoms with van der Waals surface area (Å²) in [6, 6.07) is 19.0. The van der Waals surface area contributed by atoms with E-state index in [9.17, 15) is 14.0 Å². The molecule has 158 valence electrons. The summed E-state index contributed by atoms with van der Waals surface area (Å²) in [5.41, 5.74) is 3.92. The van der Waals surface area contributed by atoms with Gasteiger partial charge in [0.2, 0.25) is 0 Å². The maximum Gasteiger partial charge on any atom is 0.343 e. The van der Waals surface area contributed by atoms with Gasteiger partial charge in [-0.1, -0.05) is 18.2 Å². The maximum absolute atomic E-state index is 13.2. The fraction of sp³-hybridized carbons (Fsp3) is 0.0870. The highest BCUT2D eigenvalue weighted by atomic mass is 19.1. The molecule has 1 amide bonds. The Balaban J connectivity index is 1.48. The number of nitrogens with one attached hydrogen (secondary N) is 2. The zero-order valence-electron chi connectivity index (χ0n) is 16.7. The molecule has 3 aromatic carbocycles. The first-order chi connectivity index (χ1) is 15.0. The van der Waals surface area contributed by atoms with Crippen molar-refractivity contribution >= 4 is 23.8 Å². The molecule has 0 bridgehead atoms. The molecule has 0 atom stereocenters. The fourth-order valence-corrected chi connectivity index (χ4v) is 2.59. The van der Waals surface area contributed by atoms with Gasteiger partial charge in [-0.15, -0.1) is 0 Å². The summed E-state index contributed by atoms with van der Waals surface area (Å²) in [4.78, 5) is 24.0. The van der Waals surface area contributed by atoms with Crippen molar-refractivity contribution in [2.45, 2.75) is 0 Å². The molecule has 0 aliphatic carbocycles. The lowest BCUT2D eigenvalue weighted by Crippen LogP contribution is -2.26. The minimum Gasteiger partial charge on any atom is -0.495 e. The molecule has 3 rings (SSSR count). The highest BCUT2D eigenvalue weighted by Crippen LogP contribution is 2.22. The van der Waals surface area contributed by atoms with Crippen LogP contribution in [0.2, 0.25) is 0 Å². The molecule has 7 nitrogen and oxygen atoms in total. The van der Waals surface area contributed by atoms with Gasteiger partial charge in [0.05, 0.1) is 31.1 Å². The van der Waals surface area contributed by atoms with Crippen molar-refractivity contribution < 1.29 is 23.5 Å². The second-order valence-electron chi connectivity index (χ2n) is 6.32. The molecule has 0 aliphatic rings. The second-order valence-corrected chi connectivity index (χ2v) is 6.32. The van der Waals surface area contributed by atoms with Crippen molar-refractivity contribution in [1.82, 2.24) is 5.43 Å². The van der Waals surface area contributed by atoms with Crippen molar-refractivity contribution in [3.8, 4) is 11.5 Å². The van der Waals surface area contributed by atoms with Crippen LogP contribution in [0.4, 0.5) is 10.1 Å². The van der Waals surface area contributed by atoms with Crippen molar-refractivity contribution in [2.24, 2.45) is 5.10 Å². The van der Waals surface area contributed by atoms with E-state index in [0.717, 1.165) is 6.07 Å². The van der Waals surface area contributed by atoms with Gasteiger partial charge >= 0.3 is 5.97 Å². The molecule has 0 aliphatic heterocycles. The third kappa shape index (κ3) is 6.40. The number of amides is 1. The number of ether oxygens (including phenoxy) is 2. The predicted molar refractivity (Wildman–Crippen MR) is 115 cm³/mol. The molecule has 0 fully saturated rings. The number of para-hydroxylation sites is 2. The Morgan fingerprint density at radius 1 is 1.03 bits per heavy atom. The number of esters is 1. The lowest BCUT2D eigenvalue weighted by molar-refractivity contribution is -0.119. The molecule has 0 spiro atoms. The zero-order chi connectivity index (χ0) is 22.1. The number of carbonyl (C=O) groups is 2. The first-order valence-electron chi connectivity index (χ1n) is 9.32. The number of carbonyl (C=O) groups excluding carboxylic acids is 2. The van der Waals surface area contributed by atoms with Crippen LogP contribution in [0.3, 0.4) is 0 Å². The number of rotatable bonds is 8. The molecule has 2 N–H and O–H groups in total. The van der Waals surface area contributed by atoms with E-state index < -0.39 is 11.8 Å². The maximum atomic E-state index is 13.2. The van der Waals surface area contributed by atoms with Crippen LogP contribution in [-0.4, -0.2) is 31.7 Å². The van der Waals surface area contributed by atoms with E-state index in [1.54, 1.807) is 43.5 Å². The fourth-order valence-electron chi connectivity index (χ4n) is 2.59. The van der Waals surface area contributed by atoms with E-state index in [2.05, 4.69) is 15.8 Å². The number of hydrogen-bond donors (Lipinski definition) is 2. The standard InChI is InChI=1S/C23H20FN3O4/c1-30-21-8-3-2-7-20(21)25-15-22(28)27-26-14-16-9-11-19(12-10-16)31-23(29)17-5-4-6-18(24)13-17/h2-14,25H,15H2,1H3,(H,27,28). The Morgan fingerprint density at radius 2 is 1.81 bits per heavy atom. The molecule has 0 radical (unpaired) electrons. The predicted octanol–water partition coefficient (Wildman–Crippen LogP) is 3.62. The van der Waals surface area contributed by atoms with E-state index in [1.165, 1.54) is 24.4 Å². The van der Waals surface area contributed by atoms with Crippen molar-refractivity contribution in [3.63, 3.8) is 0 Å². The molecule has 8 heteroatoms. The third-order valence-corrected chi connectivity index (χ3v) is 4.10. The molecule has 0 saturated carbocycles. The van der Waals surface area contributed by atoms with Crippen LogP contribution in [0.25, 0.3) is 0 Å². The molecule has 0 saturated heterocycles. The lowest BCUT2D eigenvalue weighted by atomic mass is 10.2. The Hall–Kier alpha value is -4.20. The van der Waals surface area contributed by atoms with Gasteiger partial charge in [-0.2, -0.15) is 5.10 Å². The van der Waals surface area contributed by atoms with Crippen LogP contribution in [-0.2, 0) is 4.79 Å². The van der Waals surface area contributed by atoms with Gasteiger partial charge in [0, 0.05) is 0 Å². The highest BCUT2D eigenvalue weighted by Gasteiger charge is 2.09. The minimum absolute atomic E-state index is 0.0205. The van der Waals surface area contributed by atoms with Gasteiger partial charge in [0.1, 0.15) is 17.3 Å². The molecule has 0 aromatic heterocycles. The molecule has 0 heterocycles. The number of methoxy groups -OCH3 is 1. The molecule has 31 heavy (non-hydrogen) atoms. The first-order valence-corrected chi connectivity index (χ1v) is 9.32. The number of nitrogens with zero attached hydrogens (tertiary/aromatic N) is 1. The third-order valence-electron chi connectivity index (χ3n) is 4.10. The molecule has 3 aromatic rings. The smallest absolute Gasteiger partial charge is 0.343 e. The summed E-state index contributed by atoms with van der Waals surface area (Å²) in [5.74, 6) is -0.562. The first kappa shape index (κ1) is 21.5.